The monoisotopic (exact) mass is 361 g/mol. The molecule has 26 heavy (non-hydrogen) atoms. The number of amidine groups is 1. The molecular weight excluding hydrogens is 342 g/mol. The molecular formula is C20H19N5S. The first-order chi connectivity index (χ1) is 12.8. The van der Waals surface area contributed by atoms with Crippen LogP contribution in [0.2, 0.25) is 0 Å². The van der Waals surface area contributed by atoms with E-state index in [0.717, 1.165) is 41.4 Å². The van der Waals surface area contributed by atoms with Gasteiger partial charge in [0.1, 0.15) is 17.2 Å². The Morgan fingerprint density at radius 1 is 0.885 bits per heavy atom. The van der Waals surface area contributed by atoms with E-state index in [-0.39, 0.29) is 5.25 Å². The maximum absolute atomic E-state index is 4.84. The molecule has 5 nitrogen and oxygen atoms in total. The van der Waals surface area contributed by atoms with E-state index >= 15 is 0 Å². The molecule has 1 aliphatic heterocycles. The number of nitrogens with one attached hydrogen (secondary N) is 1. The first-order valence-corrected chi connectivity index (χ1v) is 9.49. The standard InChI is InChI=1S/C20H19N5S/c1-14(19-21-12-13-22-19)26-20-23-17(15-8-4-2-5-9-15)18(24-25-20)16-10-6-3-7-11-16/h2-11,14H,12-13H2,1H3,(H,21,22). The average Bonchev–Trinajstić information content (AvgIpc) is 3.24. The lowest BCUT2D eigenvalue weighted by atomic mass is 10.0. The highest BCUT2D eigenvalue weighted by atomic mass is 32.2. The van der Waals surface area contributed by atoms with Gasteiger partial charge >= 0.3 is 0 Å². The minimum Gasteiger partial charge on any atom is -0.371 e. The van der Waals surface area contributed by atoms with E-state index in [0.29, 0.717) is 5.16 Å². The van der Waals surface area contributed by atoms with Gasteiger partial charge in [-0.25, -0.2) is 4.98 Å². The second-order valence-electron chi connectivity index (χ2n) is 5.98. The van der Waals surface area contributed by atoms with E-state index < -0.39 is 0 Å². The summed E-state index contributed by atoms with van der Waals surface area (Å²) in [5.74, 6) is 1.01. The third-order valence-corrected chi connectivity index (χ3v) is 5.09. The number of hydrogen-bond donors (Lipinski definition) is 1. The zero-order valence-electron chi connectivity index (χ0n) is 14.5. The summed E-state index contributed by atoms with van der Waals surface area (Å²) in [4.78, 5) is 9.32. The van der Waals surface area contributed by atoms with Gasteiger partial charge in [0, 0.05) is 17.7 Å². The Morgan fingerprint density at radius 3 is 2.15 bits per heavy atom. The molecule has 0 bridgehead atoms. The molecule has 0 radical (unpaired) electrons. The Balaban J connectivity index is 1.72. The van der Waals surface area contributed by atoms with Crippen molar-refractivity contribution < 1.29 is 0 Å². The van der Waals surface area contributed by atoms with Crippen molar-refractivity contribution in [2.45, 2.75) is 17.3 Å². The van der Waals surface area contributed by atoms with Crippen molar-refractivity contribution in [1.82, 2.24) is 20.5 Å². The molecule has 2 heterocycles. The molecule has 0 saturated heterocycles. The van der Waals surface area contributed by atoms with Gasteiger partial charge in [0.15, 0.2) is 0 Å². The molecule has 2 aromatic carbocycles. The lowest BCUT2D eigenvalue weighted by Gasteiger charge is -2.13. The molecule has 3 aromatic rings. The summed E-state index contributed by atoms with van der Waals surface area (Å²) in [6.07, 6.45) is 0. The van der Waals surface area contributed by atoms with Crippen LogP contribution in [0.3, 0.4) is 0 Å². The highest BCUT2D eigenvalue weighted by molar-refractivity contribution is 8.00. The fourth-order valence-electron chi connectivity index (χ4n) is 2.85. The van der Waals surface area contributed by atoms with E-state index in [9.17, 15) is 0 Å². The SMILES string of the molecule is CC(Sc1nnc(-c2ccccc2)c(-c2ccccc2)n1)C1=NCCN1. The fraction of sp³-hybridized carbons (Fsp3) is 0.200. The highest BCUT2D eigenvalue weighted by Crippen LogP contribution is 2.30. The molecule has 0 amide bonds. The van der Waals surface area contributed by atoms with Crippen LogP contribution in [0.25, 0.3) is 22.5 Å². The Bertz CT molecular complexity index is 912. The number of aliphatic imine (C=N–C) groups is 1. The lowest BCUT2D eigenvalue weighted by Crippen LogP contribution is -2.27. The third-order valence-electron chi connectivity index (χ3n) is 4.13. The fourth-order valence-corrected chi connectivity index (χ4v) is 3.67. The second-order valence-corrected chi connectivity index (χ2v) is 7.29. The molecule has 1 atom stereocenters. The normalized spacial score (nSPS) is 14.6. The lowest BCUT2D eigenvalue weighted by molar-refractivity contribution is 0.848. The molecule has 1 unspecified atom stereocenters. The average molecular weight is 361 g/mol. The van der Waals surface area contributed by atoms with E-state index in [4.69, 9.17) is 4.98 Å². The predicted octanol–water partition coefficient (Wildman–Crippen LogP) is 3.69. The summed E-state index contributed by atoms with van der Waals surface area (Å²) in [5.41, 5.74) is 3.69. The van der Waals surface area contributed by atoms with Gasteiger partial charge in [0.2, 0.25) is 5.16 Å². The number of thioether (sulfide) groups is 1. The number of benzene rings is 2. The Labute approximate surface area is 157 Å². The first kappa shape index (κ1) is 16.7. The molecule has 1 aliphatic rings. The van der Waals surface area contributed by atoms with Crippen LogP contribution in [0.1, 0.15) is 6.92 Å². The van der Waals surface area contributed by atoms with Crippen molar-refractivity contribution in [3.05, 3.63) is 60.7 Å². The van der Waals surface area contributed by atoms with E-state index in [2.05, 4.69) is 39.6 Å². The molecule has 4 rings (SSSR count). The topological polar surface area (TPSA) is 63.1 Å². The van der Waals surface area contributed by atoms with Crippen molar-refractivity contribution in [3.63, 3.8) is 0 Å². The summed E-state index contributed by atoms with van der Waals surface area (Å²) in [7, 11) is 0. The summed E-state index contributed by atoms with van der Waals surface area (Å²) >= 11 is 1.58. The molecule has 0 spiro atoms. The van der Waals surface area contributed by atoms with Gasteiger partial charge in [-0.05, 0) is 6.92 Å². The van der Waals surface area contributed by atoms with Gasteiger partial charge in [-0.1, -0.05) is 72.4 Å². The van der Waals surface area contributed by atoms with Crippen LogP contribution in [-0.2, 0) is 0 Å². The Morgan fingerprint density at radius 2 is 1.54 bits per heavy atom. The summed E-state index contributed by atoms with van der Waals surface area (Å²) < 4.78 is 0. The molecule has 130 valence electrons. The molecule has 0 aliphatic carbocycles. The van der Waals surface area contributed by atoms with Crippen molar-refractivity contribution in [3.8, 4) is 22.5 Å². The van der Waals surface area contributed by atoms with Gasteiger partial charge in [-0.2, -0.15) is 0 Å². The summed E-state index contributed by atoms with van der Waals surface area (Å²) in [5, 5.41) is 13.0. The van der Waals surface area contributed by atoms with Crippen LogP contribution in [0.5, 0.6) is 0 Å². The van der Waals surface area contributed by atoms with Crippen LogP contribution >= 0.6 is 11.8 Å². The Kier molecular flexibility index (Phi) is 4.93. The number of hydrogen-bond acceptors (Lipinski definition) is 6. The number of rotatable bonds is 5. The first-order valence-electron chi connectivity index (χ1n) is 8.62. The van der Waals surface area contributed by atoms with E-state index in [1.54, 1.807) is 11.8 Å². The Hall–Kier alpha value is -2.73. The summed E-state index contributed by atoms with van der Waals surface area (Å²) in [6.45, 7) is 3.85. The van der Waals surface area contributed by atoms with Crippen molar-refractivity contribution in [1.29, 1.82) is 0 Å². The molecule has 0 saturated carbocycles. The van der Waals surface area contributed by atoms with Crippen molar-refractivity contribution >= 4 is 17.6 Å². The van der Waals surface area contributed by atoms with Gasteiger partial charge < -0.3 is 5.32 Å². The quantitative estimate of drug-likeness (QED) is 0.702. The van der Waals surface area contributed by atoms with Crippen molar-refractivity contribution in [2.24, 2.45) is 4.99 Å². The largest absolute Gasteiger partial charge is 0.371 e. The van der Waals surface area contributed by atoms with Crippen LogP contribution in [0.15, 0.2) is 70.8 Å². The zero-order valence-corrected chi connectivity index (χ0v) is 15.3. The maximum Gasteiger partial charge on any atom is 0.210 e. The summed E-state index contributed by atoms with van der Waals surface area (Å²) in [6, 6.07) is 20.2. The van der Waals surface area contributed by atoms with Crippen LogP contribution < -0.4 is 5.32 Å². The molecule has 1 aromatic heterocycles. The van der Waals surface area contributed by atoms with Gasteiger partial charge in [0.25, 0.3) is 0 Å². The minimum absolute atomic E-state index is 0.172. The maximum atomic E-state index is 4.84. The van der Waals surface area contributed by atoms with Crippen LogP contribution in [0.4, 0.5) is 0 Å². The van der Waals surface area contributed by atoms with Crippen molar-refractivity contribution in [2.75, 3.05) is 13.1 Å². The van der Waals surface area contributed by atoms with E-state index in [1.165, 1.54) is 0 Å². The van der Waals surface area contributed by atoms with Gasteiger partial charge in [-0.3, -0.25) is 4.99 Å². The third kappa shape index (κ3) is 3.60. The number of nitrogens with zero attached hydrogens (tertiary/aromatic N) is 4. The van der Waals surface area contributed by atoms with E-state index in [1.807, 2.05) is 48.5 Å². The molecule has 0 fully saturated rings. The smallest absolute Gasteiger partial charge is 0.210 e. The minimum atomic E-state index is 0.172. The van der Waals surface area contributed by atoms with Crippen LogP contribution in [-0.4, -0.2) is 39.4 Å². The van der Waals surface area contributed by atoms with Gasteiger partial charge in [0.05, 0.1) is 11.8 Å². The highest BCUT2D eigenvalue weighted by Gasteiger charge is 2.19. The van der Waals surface area contributed by atoms with Crippen LogP contribution in [0, 0.1) is 0 Å². The molecule has 6 heteroatoms. The second kappa shape index (κ2) is 7.66. The van der Waals surface area contributed by atoms with Gasteiger partial charge in [-0.15, -0.1) is 10.2 Å². The predicted molar refractivity (Wildman–Crippen MR) is 106 cm³/mol. The molecule has 1 N–H and O–H groups in total. The number of aromatic nitrogens is 3. The zero-order chi connectivity index (χ0) is 17.8.